The van der Waals surface area contributed by atoms with Crippen LogP contribution in [0.15, 0.2) is 18.2 Å². The Bertz CT molecular complexity index is 643. The Morgan fingerprint density at radius 2 is 1.70 bits per heavy atom. The standard InChI is InChI=1S/C22H37N3O2/c1-9-25(10-2)21(27)18-14-17(11-12-19(18)24(7)8)23-20(26)13-16(3)15-22(4,5)6/h11-12,14,16H,9-10,13,15H2,1-8H3,(H,23,26)/t16-/m0/s1. The molecule has 5 nitrogen and oxygen atoms in total. The Hall–Kier alpha value is -2.04. The van der Waals surface area contributed by atoms with Gasteiger partial charge in [-0.15, -0.1) is 0 Å². The minimum atomic E-state index is -0.0131. The SMILES string of the molecule is CCN(CC)C(=O)c1cc(NC(=O)C[C@H](C)CC(C)(C)C)ccc1N(C)C. The van der Waals surface area contributed by atoms with Crippen LogP contribution in [0.2, 0.25) is 0 Å². The molecule has 27 heavy (non-hydrogen) atoms. The van der Waals surface area contributed by atoms with E-state index in [0.29, 0.717) is 36.7 Å². The fraction of sp³-hybridized carbons (Fsp3) is 0.636. The van der Waals surface area contributed by atoms with Crippen LogP contribution in [0, 0.1) is 11.3 Å². The largest absolute Gasteiger partial charge is 0.377 e. The molecule has 1 atom stereocenters. The molecule has 0 aliphatic heterocycles. The summed E-state index contributed by atoms with van der Waals surface area (Å²) in [5.41, 5.74) is 2.34. The fourth-order valence-electron chi connectivity index (χ4n) is 3.50. The smallest absolute Gasteiger partial charge is 0.256 e. The van der Waals surface area contributed by atoms with Crippen molar-refractivity contribution in [2.45, 2.75) is 54.4 Å². The molecule has 0 aromatic heterocycles. The molecule has 0 aliphatic carbocycles. The third kappa shape index (κ3) is 7.24. The summed E-state index contributed by atoms with van der Waals surface area (Å²) in [7, 11) is 3.83. The Morgan fingerprint density at radius 1 is 1.11 bits per heavy atom. The van der Waals surface area contributed by atoms with E-state index in [4.69, 9.17) is 0 Å². The average molecular weight is 376 g/mol. The number of rotatable bonds is 8. The van der Waals surface area contributed by atoms with Crippen molar-refractivity contribution in [1.82, 2.24) is 4.90 Å². The van der Waals surface area contributed by atoms with Crippen molar-refractivity contribution < 1.29 is 9.59 Å². The molecule has 0 unspecified atom stereocenters. The minimum absolute atomic E-state index is 0.00871. The van der Waals surface area contributed by atoms with E-state index in [1.54, 1.807) is 11.0 Å². The third-order valence-electron chi connectivity index (χ3n) is 4.54. The zero-order valence-electron chi connectivity index (χ0n) is 18.3. The Labute approximate surface area is 165 Å². The van der Waals surface area contributed by atoms with E-state index in [0.717, 1.165) is 12.1 Å². The second kappa shape index (κ2) is 9.77. The van der Waals surface area contributed by atoms with Gasteiger partial charge < -0.3 is 15.1 Å². The molecule has 0 saturated heterocycles. The zero-order chi connectivity index (χ0) is 20.8. The summed E-state index contributed by atoms with van der Waals surface area (Å²) in [6, 6.07) is 5.55. The van der Waals surface area contributed by atoms with E-state index >= 15 is 0 Å². The predicted molar refractivity (Wildman–Crippen MR) is 115 cm³/mol. The van der Waals surface area contributed by atoms with Crippen molar-refractivity contribution in [2.75, 3.05) is 37.4 Å². The van der Waals surface area contributed by atoms with Gasteiger partial charge in [0.15, 0.2) is 0 Å². The Morgan fingerprint density at radius 3 is 2.19 bits per heavy atom. The van der Waals surface area contributed by atoms with E-state index in [2.05, 4.69) is 33.0 Å². The van der Waals surface area contributed by atoms with Gasteiger partial charge >= 0.3 is 0 Å². The average Bonchev–Trinajstić information content (AvgIpc) is 2.53. The molecular weight excluding hydrogens is 338 g/mol. The normalized spacial score (nSPS) is 12.4. The molecule has 0 fully saturated rings. The molecule has 0 spiro atoms. The quantitative estimate of drug-likeness (QED) is 0.720. The maximum Gasteiger partial charge on any atom is 0.256 e. The molecule has 1 aromatic carbocycles. The number of anilines is 2. The van der Waals surface area contributed by atoms with Gasteiger partial charge in [0, 0.05) is 45.0 Å². The molecule has 5 heteroatoms. The summed E-state index contributed by atoms with van der Waals surface area (Å²) in [5.74, 6) is 0.286. The second-order valence-electron chi connectivity index (χ2n) is 8.73. The number of carbonyl (C=O) groups is 2. The van der Waals surface area contributed by atoms with Crippen molar-refractivity contribution in [3.05, 3.63) is 23.8 Å². The van der Waals surface area contributed by atoms with Crippen LogP contribution in [0.4, 0.5) is 11.4 Å². The lowest BCUT2D eigenvalue weighted by Gasteiger charge is -2.24. The first-order valence-electron chi connectivity index (χ1n) is 9.89. The first-order chi connectivity index (χ1) is 12.5. The van der Waals surface area contributed by atoms with Gasteiger partial charge in [-0.2, -0.15) is 0 Å². The van der Waals surface area contributed by atoms with Gasteiger partial charge in [0.05, 0.1) is 5.56 Å². The highest BCUT2D eigenvalue weighted by atomic mass is 16.2. The van der Waals surface area contributed by atoms with E-state index in [9.17, 15) is 9.59 Å². The van der Waals surface area contributed by atoms with Crippen molar-refractivity contribution in [2.24, 2.45) is 11.3 Å². The third-order valence-corrected chi connectivity index (χ3v) is 4.54. The summed E-state index contributed by atoms with van der Waals surface area (Å²) in [4.78, 5) is 29.0. The minimum Gasteiger partial charge on any atom is -0.377 e. The van der Waals surface area contributed by atoms with Crippen molar-refractivity contribution in [1.29, 1.82) is 0 Å². The number of nitrogens with one attached hydrogen (secondary N) is 1. The highest BCUT2D eigenvalue weighted by Gasteiger charge is 2.20. The van der Waals surface area contributed by atoms with Crippen molar-refractivity contribution >= 4 is 23.2 Å². The predicted octanol–water partition coefficient (Wildman–Crippen LogP) is 4.64. The van der Waals surface area contributed by atoms with Gasteiger partial charge in [-0.1, -0.05) is 27.7 Å². The van der Waals surface area contributed by atoms with Gasteiger partial charge in [0.2, 0.25) is 5.91 Å². The Balaban J connectivity index is 2.98. The van der Waals surface area contributed by atoms with Gasteiger partial charge in [0.25, 0.3) is 5.91 Å². The highest BCUT2D eigenvalue weighted by Crippen LogP contribution is 2.27. The first-order valence-corrected chi connectivity index (χ1v) is 9.89. The topological polar surface area (TPSA) is 52.7 Å². The molecule has 2 amide bonds. The Kier molecular flexibility index (Phi) is 8.32. The number of hydrogen-bond donors (Lipinski definition) is 1. The molecule has 152 valence electrons. The number of hydrogen-bond acceptors (Lipinski definition) is 3. The number of nitrogens with zero attached hydrogens (tertiary/aromatic N) is 2. The van der Waals surface area contributed by atoms with Crippen molar-refractivity contribution in [3.63, 3.8) is 0 Å². The lowest BCUT2D eigenvalue weighted by atomic mass is 9.84. The molecule has 0 heterocycles. The monoisotopic (exact) mass is 375 g/mol. The first kappa shape index (κ1) is 23.0. The number of amides is 2. The lowest BCUT2D eigenvalue weighted by molar-refractivity contribution is -0.117. The second-order valence-corrected chi connectivity index (χ2v) is 8.73. The zero-order valence-corrected chi connectivity index (χ0v) is 18.3. The molecular formula is C22H37N3O2. The maximum absolute atomic E-state index is 12.9. The van der Waals surface area contributed by atoms with Gasteiger partial charge in [-0.3, -0.25) is 9.59 Å². The summed E-state index contributed by atoms with van der Waals surface area (Å²) in [5, 5.41) is 2.97. The molecule has 1 aromatic rings. The number of benzene rings is 1. The summed E-state index contributed by atoms with van der Waals surface area (Å²) in [6.07, 6.45) is 1.47. The van der Waals surface area contributed by atoms with Crippen LogP contribution in [0.25, 0.3) is 0 Å². The van der Waals surface area contributed by atoms with Crippen LogP contribution in [-0.4, -0.2) is 43.9 Å². The summed E-state index contributed by atoms with van der Waals surface area (Å²) >= 11 is 0. The molecule has 1 rings (SSSR count). The van der Waals surface area contributed by atoms with Gasteiger partial charge in [-0.25, -0.2) is 0 Å². The number of carbonyl (C=O) groups excluding carboxylic acids is 2. The van der Waals surface area contributed by atoms with E-state index in [1.165, 1.54) is 0 Å². The molecule has 0 aliphatic rings. The van der Waals surface area contributed by atoms with E-state index < -0.39 is 0 Å². The maximum atomic E-state index is 12.9. The van der Waals surface area contributed by atoms with Crippen LogP contribution in [-0.2, 0) is 4.79 Å². The molecule has 0 bridgehead atoms. The van der Waals surface area contributed by atoms with E-state index in [-0.39, 0.29) is 17.2 Å². The van der Waals surface area contributed by atoms with Gasteiger partial charge in [-0.05, 0) is 49.8 Å². The van der Waals surface area contributed by atoms with Crippen molar-refractivity contribution in [3.8, 4) is 0 Å². The molecule has 0 radical (unpaired) electrons. The molecule has 1 N–H and O–H groups in total. The van der Waals surface area contributed by atoms with E-state index in [1.807, 2.05) is 45.0 Å². The lowest BCUT2D eigenvalue weighted by Crippen LogP contribution is -2.31. The highest BCUT2D eigenvalue weighted by molar-refractivity contribution is 6.02. The van der Waals surface area contributed by atoms with Crippen LogP contribution in [0.1, 0.15) is 64.7 Å². The molecule has 0 saturated carbocycles. The van der Waals surface area contributed by atoms with Crippen LogP contribution in [0.3, 0.4) is 0 Å². The summed E-state index contributed by atoms with van der Waals surface area (Å²) in [6.45, 7) is 13.9. The van der Waals surface area contributed by atoms with Gasteiger partial charge in [0.1, 0.15) is 0 Å². The fourth-order valence-corrected chi connectivity index (χ4v) is 3.50. The van der Waals surface area contributed by atoms with Crippen LogP contribution >= 0.6 is 0 Å². The van der Waals surface area contributed by atoms with Crippen LogP contribution < -0.4 is 10.2 Å². The summed E-state index contributed by atoms with van der Waals surface area (Å²) < 4.78 is 0. The van der Waals surface area contributed by atoms with Crippen LogP contribution in [0.5, 0.6) is 0 Å².